The second-order valence-electron chi connectivity index (χ2n) is 4.59. The molecule has 2 rings (SSSR count). The molecule has 0 aliphatic carbocycles. The minimum Gasteiger partial charge on any atom is -0.245 e. The Morgan fingerprint density at radius 3 is 2.84 bits per heavy atom. The summed E-state index contributed by atoms with van der Waals surface area (Å²) in [5.41, 5.74) is 4.09. The summed E-state index contributed by atoms with van der Waals surface area (Å²) in [7, 11) is 0. The quantitative estimate of drug-likeness (QED) is 0.750. The SMILES string of the molecule is CCCCc1ccc[c]c1C#Cc1cccc(C)n1. The first kappa shape index (κ1) is 13.4. The zero-order chi connectivity index (χ0) is 13.5. The first-order valence-electron chi connectivity index (χ1n) is 6.75. The van der Waals surface area contributed by atoms with Crippen molar-refractivity contribution < 1.29 is 0 Å². The van der Waals surface area contributed by atoms with E-state index in [-0.39, 0.29) is 0 Å². The van der Waals surface area contributed by atoms with Crippen LogP contribution in [0.25, 0.3) is 0 Å². The fourth-order valence-corrected chi connectivity index (χ4v) is 1.90. The number of unbranched alkanes of at least 4 members (excludes halogenated alkanes) is 1. The van der Waals surface area contributed by atoms with Crippen LogP contribution >= 0.6 is 0 Å². The van der Waals surface area contributed by atoms with Crippen molar-refractivity contribution in [2.45, 2.75) is 33.1 Å². The molecule has 0 atom stereocenters. The summed E-state index contributed by atoms with van der Waals surface area (Å²) in [6.45, 7) is 4.18. The van der Waals surface area contributed by atoms with Gasteiger partial charge in [0.1, 0.15) is 5.69 Å². The number of hydrogen-bond acceptors (Lipinski definition) is 1. The van der Waals surface area contributed by atoms with Crippen molar-refractivity contribution in [3.63, 3.8) is 0 Å². The van der Waals surface area contributed by atoms with E-state index in [1.54, 1.807) is 0 Å². The van der Waals surface area contributed by atoms with Gasteiger partial charge in [0.2, 0.25) is 0 Å². The summed E-state index contributed by atoms with van der Waals surface area (Å²) < 4.78 is 0. The maximum absolute atomic E-state index is 4.39. The standard InChI is InChI=1S/C18H18N/c1-3-4-9-16-10-5-6-11-17(16)13-14-18-12-7-8-15(2)19-18/h5-8,10,12H,3-4,9H2,1-2H3. The number of rotatable bonds is 3. The maximum atomic E-state index is 4.39. The predicted molar refractivity (Wildman–Crippen MR) is 78.8 cm³/mol. The predicted octanol–water partition coefficient (Wildman–Crippen LogP) is 3.93. The number of aromatic nitrogens is 1. The lowest BCUT2D eigenvalue weighted by Gasteiger charge is -2.02. The van der Waals surface area contributed by atoms with E-state index in [1.165, 1.54) is 18.4 Å². The highest BCUT2D eigenvalue weighted by atomic mass is 14.7. The van der Waals surface area contributed by atoms with Crippen LogP contribution in [0.4, 0.5) is 0 Å². The molecule has 0 aliphatic heterocycles. The lowest BCUT2D eigenvalue weighted by atomic mass is 10.0. The lowest BCUT2D eigenvalue weighted by Crippen LogP contribution is -1.91. The Balaban J connectivity index is 2.24. The molecular weight excluding hydrogens is 230 g/mol. The van der Waals surface area contributed by atoms with Crippen LogP contribution < -0.4 is 0 Å². The van der Waals surface area contributed by atoms with Crippen molar-refractivity contribution in [3.05, 3.63) is 65.0 Å². The third-order valence-electron chi connectivity index (χ3n) is 2.95. The Bertz CT molecular complexity index is 602. The van der Waals surface area contributed by atoms with Gasteiger partial charge in [-0.15, -0.1) is 0 Å². The van der Waals surface area contributed by atoms with Gasteiger partial charge >= 0.3 is 0 Å². The molecule has 95 valence electrons. The second-order valence-corrected chi connectivity index (χ2v) is 4.59. The molecule has 0 spiro atoms. The summed E-state index contributed by atoms with van der Waals surface area (Å²) >= 11 is 0. The van der Waals surface area contributed by atoms with Crippen LogP contribution in [-0.4, -0.2) is 4.98 Å². The first-order valence-corrected chi connectivity index (χ1v) is 6.75. The van der Waals surface area contributed by atoms with Crippen LogP contribution in [0, 0.1) is 24.8 Å². The van der Waals surface area contributed by atoms with Gasteiger partial charge in [-0.1, -0.05) is 43.5 Å². The van der Waals surface area contributed by atoms with Crippen LogP contribution in [0.2, 0.25) is 0 Å². The third-order valence-corrected chi connectivity index (χ3v) is 2.95. The van der Waals surface area contributed by atoms with E-state index in [1.807, 2.05) is 37.3 Å². The number of pyridine rings is 1. The van der Waals surface area contributed by atoms with Gasteiger partial charge in [-0.25, -0.2) is 4.98 Å². The van der Waals surface area contributed by atoms with E-state index < -0.39 is 0 Å². The second kappa shape index (κ2) is 6.75. The molecular formula is C18H18N. The Hall–Kier alpha value is -2.07. The highest BCUT2D eigenvalue weighted by Crippen LogP contribution is 2.10. The van der Waals surface area contributed by atoms with Crippen molar-refractivity contribution >= 4 is 0 Å². The smallest absolute Gasteiger partial charge is 0.113 e. The summed E-state index contributed by atoms with van der Waals surface area (Å²) in [5.74, 6) is 6.32. The molecule has 0 unspecified atom stereocenters. The molecule has 1 radical (unpaired) electrons. The highest BCUT2D eigenvalue weighted by Gasteiger charge is 1.98. The molecule has 2 aromatic rings. The summed E-state index contributed by atoms with van der Waals surface area (Å²) in [5, 5.41) is 0. The van der Waals surface area contributed by atoms with Crippen LogP contribution in [0.3, 0.4) is 0 Å². The molecule has 0 aliphatic rings. The van der Waals surface area contributed by atoms with Crippen molar-refractivity contribution in [2.75, 3.05) is 0 Å². The van der Waals surface area contributed by atoms with E-state index in [0.717, 1.165) is 23.4 Å². The van der Waals surface area contributed by atoms with Gasteiger partial charge in [0.25, 0.3) is 0 Å². The first-order chi connectivity index (χ1) is 9.29. The van der Waals surface area contributed by atoms with Crippen molar-refractivity contribution in [3.8, 4) is 11.8 Å². The van der Waals surface area contributed by atoms with E-state index >= 15 is 0 Å². The van der Waals surface area contributed by atoms with Crippen molar-refractivity contribution in [1.29, 1.82) is 0 Å². The number of nitrogens with zero attached hydrogens (tertiary/aromatic N) is 1. The maximum Gasteiger partial charge on any atom is 0.113 e. The molecule has 0 amide bonds. The Kier molecular flexibility index (Phi) is 4.75. The zero-order valence-electron chi connectivity index (χ0n) is 11.5. The molecule has 1 aromatic carbocycles. The van der Waals surface area contributed by atoms with Crippen LogP contribution in [-0.2, 0) is 6.42 Å². The van der Waals surface area contributed by atoms with Gasteiger partial charge in [0.05, 0.1) is 0 Å². The fraction of sp³-hybridized carbons (Fsp3) is 0.278. The molecule has 0 fully saturated rings. The highest BCUT2D eigenvalue weighted by molar-refractivity contribution is 5.44. The van der Waals surface area contributed by atoms with Crippen LogP contribution in [0.15, 0.2) is 36.4 Å². The van der Waals surface area contributed by atoms with Gasteiger partial charge < -0.3 is 0 Å². The number of aryl methyl sites for hydroxylation is 2. The zero-order valence-corrected chi connectivity index (χ0v) is 11.5. The lowest BCUT2D eigenvalue weighted by molar-refractivity contribution is 0.794. The molecule has 1 aromatic heterocycles. The third kappa shape index (κ3) is 3.96. The average molecular weight is 248 g/mol. The van der Waals surface area contributed by atoms with Gasteiger partial charge in [-0.2, -0.15) is 0 Å². The molecule has 0 saturated heterocycles. The van der Waals surface area contributed by atoms with E-state index in [2.05, 4.69) is 35.9 Å². The van der Waals surface area contributed by atoms with E-state index in [0.29, 0.717) is 0 Å². The fourth-order valence-electron chi connectivity index (χ4n) is 1.90. The minimum absolute atomic E-state index is 0.818. The number of hydrogen-bond donors (Lipinski definition) is 0. The van der Waals surface area contributed by atoms with E-state index in [9.17, 15) is 0 Å². The van der Waals surface area contributed by atoms with Crippen molar-refractivity contribution in [1.82, 2.24) is 4.98 Å². The monoisotopic (exact) mass is 248 g/mol. The van der Waals surface area contributed by atoms with Crippen LogP contribution in [0.1, 0.15) is 42.3 Å². The summed E-state index contributed by atoms with van der Waals surface area (Å²) in [6, 6.07) is 15.2. The summed E-state index contributed by atoms with van der Waals surface area (Å²) in [6.07, 6.45) is 3.45. The van der Waals surface area contributed by atoms with Crippen molar-refractivity contribution in [2.24, 2.45) is 0 Å². The molecule has 1 nitrogen and oxygen atoms in total. The van der Waals surface area contributed by atoms with Gasteiger partial charge in [-0.05, 0) is 49.4 Å². The largest absolute Gasteiger partial charge is 0.245 e. The van der Waals surface area contributed by atoms with Gasteiger partial charge in [-0.3, -0.25) is 0 Å². The molecule has 0 saturated carbocycles. The van der Waals surface area contributed by atoms with Gasteiger partial charge in [0, 0.05) is 11.3 Å². The molecule has 19 heavy (non-hydrogen) atoms. The topological polar surface area (TPSA) is 12.9 Å². The summed E-state index contributed by atoms with van der Waals surface area (Å²) in [4.78, 5) is 4.39. The molecule has 0 bridgehead atoms. The Labute approximate surface area is 115 Å². The Morgan fingerprint density at radius 1 is 1.16 bits per heavy atom. The molecule has 1 heteroatoms. The molecule has 1 heterocycles. The van der Waals surface area contributed by atoms with E-state index in [4.69, 9.17) is 0 Å². The van der Waals surface area contributed by atoms with Crippen LogP contribution in [0.5, 0.6) is 0 Å². The molecule has 0 N–H and O–H groups in total. The number of benzene rings is 1. The average Bonchev–Trinajstić information content (AvgIpc) is 2.44. The normalized spacial score (nSPS) is 9.79. The Morgan fingerprint density at radius 2 is 2.05 bits per heavy atom. The van der Waals surface area contributed by atoms with Gasteiger partial charge in [0.15, 0.2) is 0 Å². The minimum atomic E-state index is 0.818.